The van der Waals surface area contributed by atoms with E-state index in [0.717, 1.165) is 0 Å². The van der Waals surface area contributed by atoms with Gasteiger partial charge in [0.2, 0.25) is 0 Å². The molecule has 0 heterocycles. The van der Waals surface area contributed by atoms with Crippen molar-refractivity contribution in [3.8, 4) is 0 Å². The van der Waals surface area contributed by atoms with Gasteiger partial charge >= 0.3 is 11.9 Å². The van der Waals surface area contributed by atoms with Crippen molar-refractivity contribution in [2.24, 2.45) is 17.3 Å². The van der Waals surface area contributed by atoms with E-state index in [4.69, 9.17) is 9.47 Å². The maximum absolute atomic E-state index is 11.9. The lowest BCUT2D eigenvalue weighted by Gasteiger charge is -2.17. The van der Waals surface area contributed by atoms with Crippen LogP contribution in [0, 0.1) is 17.3 Å². The van der Waals surface area contributed by atoms with E-state index in [1.165, 1.54) is 0 Å². The van der Waals surface area contributed by atoms with Gasteiger partial charge in [0.1, 0.15) is 5.78 Å². The average molecular weight is 240 g/mol. The van der Waals surface area contributed by atoms with E-state index in [0.29, 0.717) is 12.8 Å². The molecule has 0 saturated heterocycles. The summed E-state index contributed by atoms with van der Waals surface area (Å²) in [6.07, 6.45) is 0.588. The van der Waals surface area contributed by atoms with Crippen molar-refractivity contribution < 1.29 is 23.9 Å². The Kier molecular flexibility index (Phi) is 2.93. The lowest BCUT2D eigenvalue weighted by molar-refractivity contribution is -0.166. The quantitative estimate of drug-likeness (QED) is 0.534. The van der Waals surface area contributed by atoms with E-state index in [1.807, 2.05) is 0 Å². The summed E-state index contributed by atoms with van der Waals surface area (Å²) in [5.74, 6) is -1.34. The Balaban J connectivity index is 2.19. The Bertz CT molecular complexity index is 339. The molecule has 2 atom stereocenters. The molecule has 0 spiro atoms. The molecule has 0 aromatic heterocycles. The summed E-state index contributed by atoms with van der Waals surface area (Å²) in [6.45, 7) is 3.85. The van der Waals surface area contributed by atoms with Gasteiger partial charge in [-0.25, -0.2) is 0 Å². The number of ether oxygens (including phenoxy) is 2. The lowest BCUT2D eigenvalue weighted by Crippen LogP contribution is -2.35. The van der Waals surface area contributed by atoms with Crippen molar-refractivity contribution in [3.05, 3.63) is 0 Å². The van der Waals surface area contributed by atoms with Gasteiger partial charge in [0, 0.05) is 12.8 Å². The molecule has 0 aliphatic heterocycles. The molecule has 2 unspecified atom stereocenters. The van der Waals surface area contributed by atoms with E-state index < -0.39 is 17.4 Å². The number of carbonyl (C=O) groups excluding carboxylic acids is 3. The smallest absolute Gasteiger partial charge is 0.324 e. The molecule has 17 heavy (non-hydrogen) atoms. The first-order valence-electron chi connectivity index (χ1n) is 5.95. The monoisotopic (exact) mass is 240 g/mol. The molecule has 0 radical (unpaired) electrons. The van der Waals surface area contributed by atoms with Gasteiger partial charge in [0.05, 0.1) is 13.2 Å². The van der Waals surface area contributed by atoms with Gasteiger partial charge in [0.15, 0.2) is 5.41 Å². The van der Waals surface area contributed by atoms with Crippen LogP contribution >= 0.6 is 0 Å². The van der Waals surface area contributed by atoms with Gasteiger partial charge < -0.3 is 9.47 Å². The highest BCUT2D eigenvalue weighted by molar-refractivity contribution is 6.07. The molecule has 2 aliphatic carbocycles. The van der Waals surface area contributed by atoms with Crippen LogP contribution in [0.5, 0.6) is 0 Å². The van der Waals surface area contributed by atoms with Gasteiger partial charge in [-0.05, 0) is 25.7 Å². The molecule has 0 N–H and O–H groups in total. The second-order valence-electron chi connectivity index (χ2n) is 4.47. The van der Waals surface area contributed by atoms with E-state index in [-0.39, 0.29) is 30.8 Å². The summed E-state index contributed by atoms with van der Waals surface area (Å²) in [5.41, 5.74) is -1.18. The standard InChI is InChI=1S/C12H16O5/c1-3-16-10(14)12(11(15)17-4-2)8-5-7(13)6-9(8)12/h8-9H,3-6H2,1-2H3. The van der Waals surface area contributed by atoms with Crippen molar-refractivity contribution in [1.82, 2.24) is 0 Å². The van der Waals surface area contributed by atoms with Gasteiger partial charge in [-0.15, -0.1) is 0 Å². The van der Waals surface area contributed by atoms with Crippen LogP contribution in [-0.4, -0.2) is 30.9 Å². The van der Waals surface area contributed by atoms with Gasteiger partial charge in [-0.1, -0.05) is 0 Å². The highest BCUT2D eigenvalue weighted by Crippen LogP contribution is 2.67. The summed E-state index contributed by atoms with van der Waals surface area (Å²) in [7, 11) is 0. The molecule has 0 aromatic carbocycles. The van der Waals surface area contributed by atoms with Crippen LogP contribution < -0.4 is 0 Å². The highest BCUT2D eigenvalue weighted by Gasteiger charge is 2.78. The topological polar surface area (TPSA) is 69.7 Å². The molecule has 2 aliphatic rings. The Hall–Kier alpha value is -1.39. The zero-order valence-corrected chi connectivity index (χ0v) is 10.0. The SMILES string of the molecule is CCOC(=O)C1(C(=O)OCC)C2CC(=O)CC21. The fourth-order valence-electron chi connectivity index (χ4n) is 2.91. The number of ketones is 1. The summed E-state index contributed by atoms with van der Waals surface area (Å²) < 4.78 is 9.91. The second kappa shape index (κ2) is 4.13. The zero-order valence-electron chi connectivity index (χ0n) is 10.0. The molecular weight excluding hydrogens is 224 g/mol. The van der Waals surface area contributed by atoms with Crippen LogP contribution in [0.25, 0.3) is 0 Å². The number of carbonyl (C=O) groups is 3. The number of esters is 2. The summed E-state index contributed by atoms with van der Waals surface area (Å²) in [6, 6.07) is 0. The Morgan fingerprint density at radius 2 is 1.53 bits per heavy atom. The van der Waals surface area contributed by atoms with Crippen molar-refractivity contribution >= 4 is 17.7 Å². The minimum Gasteiger partial charge on any atom is -0.465 e. The predicted octanol–water partition coefficient (Wildman–Crippen LogP) is 0.708. The van der Waals surface area contributed by atoms with Crippen LogP contribution in [0.2, 0.25) is 0 Å². The van der Waals surface area contributed by atoms with Crippen LogP contribution in [0.1, 0.15) is 26.7 Å². The van der Waals surface area contributed by atoms with Crippen LogP contribution in [-0.2, 0) is 23.9 Å². The predicted molar refractivity (Wildman–Crippen MR) is 56.9 cm³/mol. The fraction of sp³-hybridized carbons (Fsp3) is 0.750. The first-order chi connectivity index (χ1) is 8.08. The van der Waals surface area contributed by atoms with E-state index in [2.05, 4.69) is 0 Å². The fourth-order valence-corrected chi connectivity index (χ4v) is 2.91. The highest BCUT2D eigenvalue weighted by atomic mass is 16.6. The van der Waals surface area contributed by atoms with Gasteiger partial charge in [0.25, 0.3) is 0 Å². The number of hydrogen-bond acceptors (Lipinski definition) is 5. The molecule has 0 bridgehead atoms. The van der Waals surface area contributed by atoms with Crippen LogP contribution in [0.4, 0.5) is 0 Å². The maximum atomic E-state index is 11.9. The largest absolute Gasteiger partial charge is 0.465 e. The van der Waals surface area contributed by atoms with Crippen molar-refractivity contribution in [3.63, 3.8) is 0 Å². The van der Waals surface area contributed by atoms with Crippen LogP contribution in [0.15, 0.2) is 0 Å². The third-order valence-electron chi connectivity index (χ3n) is 3.67. The first-order valence-corrected chi connectivity index (χ1v) is 5.95. The number of fused-ring (bicyclic) bond motifs is 1. The van der Waals surface area contributed by atoms with Crippen molar-refractivity contribution in [2.45, 2.75) is 26.7 Å². The molecule has 0 amide bonds. The number of hydrogen-bond donors (Lipinski definition) is 0. The second-order valence-corrected chi connectivity index (χ2v) is 4.47. The lowest BCUT2D eigenvalue weighted by atomic mass is 9.95. The third-order valence-corrected chi connectivity index (χ3v) is 3.67. The maximum Gasteiger partial charge on any atom is 0.324 e. The first kappa shape index (κ1) is 12.1. The van der Waals surface area contributed by atoms with Gasteiger partial charge in [-0.2, -0.15) is 0 Å². The van der Waals surface area contributed by atoms with E-state index in [9.17, 15) is 14.4 Å². The molecule has 5 nitrogen and oxygen atoms in total. The van der Waals surface area contributed by atoms with E-state index in [1.54, 1.807) is 13.8 Å². The summed E-state index contributed by atoms with van der Waals surface area (Å²) >= 11 is 0. The van der Waals surface area contributed by atoms with Crippen LogP contribution in [0.3, 0.4) is 0 Å². The normalized spacial score (nSPS) is 28.5. The number of Topliss-reactive ketones (excluding diaryl/α,β-unsaturated/α-hetero) is 1. The minimum absolute atomic E-state index is 0.115. The third kappa shape index (κ3) is 1.56. The molecule has 0 aromatic rings. The summed E-state index contributed by atoms with van der Waals surface area (Å²) in [4.78, 5) is 35.1. The van der Waals surface area contributed by atoms with Crippen molar-refractivity contribution in [2.75, 3.05) is 13.2 Å². The molecule has 5 heteroatoms. The Morgan fingerprint density at radius 3 is 1.88 bits per heavy atom. The average Bonchev–Trinajstić information content (AvgIpc) is 2.69. The Labute approximate surface area is 99.5 Å². The summed E-state index contributed by atoms with van der Waals surface area (Å²) in [5, 5.41) is 0. The molecule has 2 fully saturated rings. The minimum atomic E-state index is -1.18. The number of rotatable bonds is 4. The van der Waals surface area contributed by atoms with E-state index >= 15 is 0 Å². The van der Waals surface area contributed by atoms with Crippen molar-refractivity contribution in [1.29, 1.82) is 0 Å². The molecular formula is C12H16O5. The van der Waals surface area contributed by atoms with Gasteiger partial charge in [-0.3, -0.25) is 14.4 Å². The molecule has 94 valence electrons. The molecule has 2 saturated carbocycles. The molecule has 2 rings (SSSR count). The Morgan fingerprint density at radius 1 is 1.12 bits per heavy atom. The zero-order chi connectivity index (χ0) is 12.6.